The van der Waals surface area contributed by atoms with Gasteiger partial charge in [-0.3, -0.25) is 77.9 Å². The molecule has 0 rings (SSSR count). The first-order chi connectivity index (χ1) is 43.8. The number of aliphatic carboxylic acids is 1. The van der Waals surface area contributed by atoms with Gasteiger partial charge in [0.15, 0.2) is 35.8 Å². The first kappa shape index (κ1) is 82.7. The minimum atomic E-state index is -1.72. The van der Waals surface area contributed by atoms with E-state index in [-0.39, 0.29) is 171 Å². The van der Waals surface area contributed by atoms with E-state index in [0.29, 0.717) is 6.42 Å². The van der Waals surface area contributed by atoms with E-state index in [1.54, 1.807) is 0 Å². The first-order valence-electron chi connectivity index (χ1n) is 29.8. The van der Waals surface area contributed by atoms with Crippen LogP contribution in [0.25, 0.3) is 0 Å². The van der Waals surface area contributed by atoms with Crippen molar-refractivity contribution in [3.8, 4) is 0 Å². The molecular formula is C51H100N30O12. The smallest absolute Gasteiger partial charge is 0.326 e. The quantitative estimate of drug-likeness (QED) is 0.0153. The van der Waals surface area contributed by atoms with Gasteiger partial charge in [0.25, 0.3) is 0 Å². The molecule has 0 saturated heterocycles. The molecule has 0 bridgehead atoms. The van der Waals surface area contributed by atoms with E-state index in [0.717, 1.165) is 0 Å². The molecule has 0 unspecified atom stereocenters. The van der Waals surface area contributed by atoms with Crippen LogP contribution < -0.4 is 134 Å². The van der Waals surface area contributed by atoms with Crippen LogP contribution in [0.5, 0.6) is 0 Å². The van der Waals surface area contributed by atoms with Crippen molar-refractivity contribution in [2.75, 3.05) is 45.8 Å². The van der Waals surface area contributed by atoms with E-state index in [1.165, 1.54) is 0 Å². The third kappa shape index (κ3) is 40.2. The summed E-state index contributed by atoms with van der Waals surface area (Å²) in [6.07, 6.45) is -1.81. The van der Waals surface area contributed by atoms with Crippen LogP contribution in [0.1, 0.15) is 116 Å². The van der Waals surface area contributed by atoms with Crippen LogP contribution in [0.15, 0.2) is 30.0 Å². The van der Waals surface area contributed by atoms with Gasteiger partial charge in [0.05, 0.1) is 12.5 Å². The third-order valence-electron chi connectivity index (χ3n) is 13.1. The molecule has 0 aromatic carbocycles. The van der Waals surface area contributed by atoms with Gasteiger partial charge in [-0.2, -0.15) is 0 Å². The fourth-order valence-corrected chi connectivity index (χ4v) is 8.41. The number of nitrogens with two attached hydrogens (primary N) is 16. The molecule has 0 spiro atoms. The Morgan fingerprint density at radius 1 is 0.290 bits per heavy atom. The molecule has 0 aromatic heterocycles. The summed E-state index contributed by atoms with van der Waals surface area (Å²) in [5.74, 6) is -13.0. The van der Waals surface area contributed by atoms with Crippen LogP contribution in [0.2, 0.25) is 0 Å². The van der Waals surface area contributed by atoms with E-state index in [9.17, 15) is 57.8 Å². The molecule has 0 fully saturated rings. The minimum Gasteiger partial charge on any atom is -0.480 e. The molecule has 0 aliphatic heterocycles. The average molecular weight is 1330 g/mol. The first-order valence-corrected chi connectivity index (χ1v) is 29.8. The van der Waals surface area contributed by atoms with E-state index >= 15 is 0 Å². The summed E-state index contributed by atoms with van der Waals surface area (Å²) in [4.78, 5) is 173. The maximum atomic E-state index is 14.6. The van der Waals surface area contributed by atoms with Gasteiger partial charge in [0.2, 0.25) is 59.1 Å². The molecule has 42 heteroatoms. The molecule has 0 aliphatic carbocycles. The number of carbonyl (C=O) groups is 11. The Bertz CT molecular complexity index is 2610. The largest absolute Gasteiger partial charge is 0.480 e. The standard InChI is InChI=1S/C51H100N30O12/c52-18-2-1-10-27(78-44(91)34(25-36(55)83)81-37(84)26(53)9-3-19-68-46(56)57)38(85)74-28(11-4-20-69-47(58)59)39(86)75-30(13-6-22-71-49(62)63)41(88)79-32(16-17-35(54)82)43(90)77-29(12-5-21-70-48(60)61)40(87)76-31(14-7-23-72-50(64)65)42(89)80-33(45(92)93)15-8-24-73-51(66)67/h26-34H,1-25,52-53H2,(H2,54,82)(H2,55,83)(H,74,85)(H,75,86)(H,76,87)(H,77,90)(H,78,91)(H,79,88)(H,80,89)(H,81,84)(H,92,93)(H4,56,57,68)(H4,58,59,69)(H4,60,61,70)(H4,62,63,71)(H4,64,65,72)(H4,66,67,73)/t26-,27+,28+,29+,30-,31+,32+,33-,34+/m1/s1. The SMILES string of the molecule is NCCCC[C@H](NC(=O)[C@H](CC(N)=O)NC(=O)[C@H](N)CCCN=C(N)N)C(=O)N[C@@H](CCCN=C(N)N)C(=O)N[C@H](CCCN=C(N)N)C(=O)N[C@@H](CCC(N)=O)C(=O)N[C@@H](CCCN=C(N)N)C(=O)N[C@@H](CCCN=C(N)N)C(=O)N[C@H](CCCN=C(N)N)C(=O)O. The number of carboxylic acids is 1. The molecule has 42 nitrogen and oxygen atoms in total. The van der Waals surface area contributed by atoms with Crippen molar-refractivity contribution in [2.24, 2.45) is 122 Å². The third-order valence-corrected chi connectivity index (χ3v) is 13.1. The number of rotatable bonds is 50. The van der Waals surface area contributed by atoms with Gasteiger partial charge in [0, 0.05) is 45.7 Å². The maximum absolute atomic E-state index is 14.6. The summed E-state index contributed by atoms with van der Waals surface area (Å²) in [5, 5.41) is 29.9. The van der Waals surface area contributed by atoms with Gasteiger partial charge in [-0.25, -0.2) is 4.79 Å². The molecule has 526 valence electrons. The lowest BCUT2D eigenvalue weighted by Crippen LogP contribution is -2.60. The Morgan fingerprint density at radius 3 is 0.785 bits per heavy atom. The van der Waals surface area contributed by atoms with E-state index in [1.807, 2.05) is 0 Å². The Kier molecular flexibility index (Phi) is 41.6. The zero-order valence-corrected chi connectivity index (χ0v) is 52.2. The highest BCUT2D eigenvalue weighted by Gasteiger charge is 2.35. The highest BCUT2D eigenvalue weighted by Crippen LogP contribution is 2.12. The van der Waals surface area contributed by atoms with Gasteiger partial charge >= 0.3 is 5.97 Å². The lowest BCUT2D eigenvalue weighted by Gasteiger charge is -2.28. The van der Waals surface area contributed by atoms with Crippen LogP contribution in [-0.2, 0) is 52.7 Å². The molecule has 0 aliphatic rings. The van der Waals surface area contributed by atoms with Crippen molar-refractivity contribution in [3.05, 3.63) is 0 Å². The number of hydrogen-bond acceptors (Lipinski definition) is 19. The maximum Gasteiger partial charge on any atom is 0.326 e. The lowest BCUT2D eigenvalue weighted by molar-refractivity contribution is -0.142. The molecule has 0 aromatic rings. The summed E-state index contributed by atoms with van der Waals surface area (Å²) < 4.78 is 0. The number of nitrogens with zero attached hydrogens (tertiary/aromatic N) is 6. The number of amides is 10. The zero-order chi connectivity index (χ0) is 70.6. The Morgan fingerprint density at radius 2 is 0.527 bits per heavy atom. The van der Waals surface area contributed by atoms with Gasteiger partial charge < -0.3 is 139 Å². The second kappa shape index (κ2) is 46.7. The Balaban J connectivity index is 7.44. The summed E-state index contributed by atoms with van der Waals surface area (Å²) in [6, 6.07) is -13.7. The number of hydrogen-bond donors (Lipinski definition) is 25. The number of carboxylic acid groups (broad SMARTS) is 1. The summed E-state index contributed by atoms with van der Waals surface area (Å²) in [6.45, 7) is 0.0499. The van der Waals surface area contributed by atoms with Crippen molar-refractivity contribution in [1.82, 2.24) is 42.5 Å². The summed E-state index contributed by atoms with van der Waals surface area (Å²) in [7, 11) is 0. The van der Waals surface area contributed by atoms with Crippen LogP contribution in [0.3, 0.4) is 0 Å². The van der Waals surface area contributed by atoms with Crippen LogP contribution in [0, 0.1) is 0 Å². The van der Waals surface area contributed by atoms with Crippen molar-refractivity contribution in [1.29, 1.82) is 0 Å². The molecule has 9 atom stereocenters. The second-order valence-corrected chi connectivity index (χ2v) is 21.1. The lowest BCUT2D eigenvalue weighted by atomic mass is 10.0. The highest BCUT2D eigenvalue weighted by atomic mass is 16.4. The van der Waals surface area contributed by atoms with Crippen LogP contribution in [0.4, 0.5) is 0 Å². The van der Waals surface area contributed by atoms with Crippen LogP contribution >= 0.6 is 0 Å². The summed E-state index contributed by atoms with van der Waals surface area (Å²) in [5.41, 5.74) is 88.3. The number of carbonyl (C=O) groups excluding carboxylic acids is 10. The van der Waals surface area contributed by atoms with E-state index < -0.39 is 139 Å². The Labute approximate surface area is 537 Å². The highest BCUT2D eigenvalue weighted by molar-refractivity contribution is 5.99. The number of nitrogens with one attached hydrogen (secondary N) is 8. The molecule has 10 amide bonds. The number of primary amides is 2. The number of guanidine groups is 6. The van der Waals surface area contributed by atoms with Crippen molar-refractivity contribution < 1.29 is 57.8 Å². The van der Waals surface area contributed by atoms with Gasteiger partial charge in [-0.1, -0.05) is 0 Å². The zero-order valence-electron chi connectivity index (χ0n) is 52.2. The predicted molar refractivity (Wildman–Crippen MR) is 346 cm³/mol. The van der Waals surface area contributed by atoms with Crippen molar-refractivity contribution in [2.45, 2.75) is 170 Å². The molecule has 0 radical (unpaired) electrons. The normalized spacial score (nSPS) is 13.6. The van der Waals surface area contributed by atoms with Crippen molar-refractivity contribution >= 4 is 101 Å². The second-order valence-electron chi connectivity index (χ2n) is 21.1. The summed E-state index contributed by atoms with van der Waals surface area (Å²) >= 11 is 0. The van der Waals surface area contributed by atoms with Crippen molar-refractivity contribution in [3.63, 3.8) is 0 Å². The van der Waals surface area contributed by atoms with E-state index in [2.05, 4.69) is 72.5 Å². The molecule has 41 N–H and O–H groups in total. The Hall–Kier alpha value is -10.3. The molecule has 0 heterocycles. The fourth-order valence-electron chi connectivity index (χ4n) is 8.41. The van der Waals surface area contributed by atoms with Crippen LogP contribution in [-0.4, -0.2) is 206 Å². The molecular weight excluding hydrogens is 1220 g/mol. The monoisotopic (exact) mass is 1320 g/mol. The van der Waals surface area contributed by atoms with Gasteiger partial charge in [-0.15, -0.1) is 0 Å². The van der Waals surface area contributed by atoms with Gasteiger partial charge in [-0.05, 0) is 109 Å². The molecule has 0 saturated carbocycles. The average Bonchev–Trinajstić information content (AvgIpc) is 1.12. The topological polar surface area (TPSA) is 795 Å². The molecule has 93 heavy (non-hydrogen) atoms. The van der Waals surface area contributed by atoms with Gasteiger partial charge in [0.1, 0.15) is 48.3 Å². The number of aliphatic imine (C=N–C) groups is 6. The van der Waals surface area contributed by atoms with E-state index in [4.69, 9.17) is 91.7 Å². The number of unbranched alkanes of at least 4 members (excludes halogenated alkanes) is 1. The fraction of sp³-hybridized carbons (Fsp3) is 0.667. The minimum absolute atomic E-state index is 0.00875. The predicted octanol–water partition coefficient (Wildman–Crippen LogP) is -12.1.